The van der Waals surface area contributed by atoms with Crippen LogP contribution in [0.2, 0.25) is 5.02 Å². The molecule has 1 heterocycles. The molecule has 6 heteroatoms. The van der Waals surface area contributed by atoms with Crippen LogP contribution in [0.1, 0.15) is 18.2 Å². The second-order valence-electron chi connectivity index (χ2n) is 4.09. The average molecular weight is 276 g/mol. The van der Waals surface area contributed by atoms with Crippen LogP contribution in [0.15, 0.2) is 18.2 Å². The SMILES string of the molecule is CCn1nc(C)c(N)c1Nc1cc(C#N)ccc1Cl. The monoisotopic (exact) mass is 275 g/mol. The van der Waals surface area contributed by atoms with E-state index >= 15 is 0 Å². The van der Waals surface area contributed by atoms with E-state index < -0.39 is 0 Å². The summed E-state index contributed by atoms with van der Waals surface area (Å²) in [6.45, 7) is 4.51. The molecule has 0 saturated carbocycles. The molecule has 0 aliphatic rings. The molecule has 0 aliphatic heterocycles. The molecule has 5 nitrogen and oxygen atoms in total. The molecule has 0 spiro atoms. The van der Waals surface area contributed by atoms with Crippen LogP contribution in [-0.4, -0.2) is 9.78 Å². The van der Waals surface area contributed by atoms with Crippen molar-refractivity contribution in [2.24, 2.45) is 0 Å². The van der Waals surface area contributed by atoms with Crippen LogP contribution in [0.25, 0.3) is 0 Å². The van der Waals surface area contributed by atoms with Gasteiger partial charge in [0.2, 0.25) is 0 Å². The van der Waals surface area contributed by atoms with Gasteiger partial charge in [0.05, 0.1) is 33.7 Å². The second kappa shape index (κ2) is 5.21. The first-order valence-corrected chi connectivity index (χ1v) is 6.24. The Hall–Kier alpha value is -2.19. The number of rotatable bonds is 3. The third kappa shape index (κ3) is 2.49. The fourth-order valence-corrected chi connectivity index (χ4v) is 1.94. The largest absolute Gasteiger partial charge is 0.394 e. The number of hydrogen-bond acceptors (Lipinski definition) is 4. The van der Waals surface area contributed by atoms with Gasteiger partial charge in [-0.05, 0) is 32.0 Å². The highest BCUT2D eigenvalue weighted by atomic mass is 35.5. The van der Waals surface area contributed by atoms with E-state index in [1.807, 2.05) is 13.8 Å². The first kappa shape index (κ1) is 13.2. The number of halogens is 1. The van der Waals surface area contributed by atoms with Crippen molar-refractivity contribution in [3.63, 3.8) is 0 Å². The normalized spacial score (nSPS) is 10.2. The van der Waals surface area contributed by atoms with Gasteiger partial charge >= 0.3 is 0 Å². The second-order valence-corrected chi connectivity index (χ2v) is 4.50. The number of nitriles is 1. The molecule has 3 N–H and O–H groups in total. The van der Waals surface area contributed by atoms with E-state index in [4.69, 9.17) is 22.6 Å². The predicted octanol–water partition coefficient (Wildman–Crippen LogP) is 3.06. The van der Waals surface area contributed by atoms with E-state index in [0.29, 0.717) is 34.3 Å². The molecule has 98 valence electrons. The van der Waals surface area contributed by atoms with Crippen molar-refractivity contribution in [1.29, 1.82) is 5.26 Å². The highest BCUT2D eigenvalue weighted by Crippen LogP contribution is 2.30. The average Bonchev–Trinajstić information content (AvgIpc) is 2.68. The van der Waals surface area contributed by atoms with Crippen LogP contribution in [-0.2, 0) is 6.54 Å². The number of nitrogens with zero attached hydrogens (tertiary/aromatic N) is 3. The van der Waals surface area contributed by atoms with E-state index in [9.17, 15) is 0 Å². The number of hydrogen-bond donors (Lipinski definition) is 2. The Kier molecular flexibility index (Phi) is 3.63. The van der Waals surface area contributed by atoms with Gasteiger partial charge in [-0.3, -0.25) is 0 Å². The lowest BCUT2D eigenvalue weighted by Gasteiger charge is -2.11. The first-order valence-electron chi connectivity index (χ1n) is 5.86. The summed E-state index contributed by atoms with van der Waals surface area (Å²) < 4.78 is 1.76. The molecule has 19 heavy (non-hydrogen) atoms. The number of nitrogens with two attached hydrogens (primary N) is 1. The van der Waals surface area contributed by atoms with Gasteiger partial charge in [0, 0.05) is 6.54 Å². The lowest BCUT2D eigenvalue weighted by atomic mass is 10.2. The van der Waals surface area contributed by atoms with Crippen LogP contribution >= 0.6 is 11.6 Å². The Balaban J connectivity index is 2.44. The van der Waals surface area contributed by atoms with Crippen LogP contribution in [0.3, 0.4) is 0 Å². The standard InChI is InChI=1S/C13H14ClN5/c1-3-19-13(12(16)8(2)18-19)17-11-6-9(7-15)4-5-10(11)14/h4-6,17H,3,16H2,1-2H3. The van der Waals surface area contributed by atoms with Gasteiger partial charge in [0.25, 0.3) is 0 Å². The minimum absolute atomic E-state index is 0.528. The summed E-state index contributed by atoms with van der Waals surface area (Å²) in [6, 6.07) is 7.11. The summed E-state index contributed by atoms with van der Waals surface area (Å²) >= 11 is 6.12. The molecular weight excluding hydrogens is 262 g/mol. The summed E-state index contributed by atoms with van der Waals surface area (Å²) in [5.74, 6) is 0.692. The van der Waals surface area contributed by atoms with Crippen LogP contribution in [0.5, 0.6) is 0 Å². The molecule has 0 amide bonds. The Labute approximate surface area is 116 Å². The zero-order chi connectivity index (χ0) is 14.0. The molecule has 1 aromatic heterocycles. The predicted molar refractivity (Wildman–Crippen MR) is 76.5 cm³/mol. The minimum Gasteiger partial charge on any atom is -0.394 e. The molecule has 0 radical (unpaired) electrons. The van der Waals surface area contributed by atoms with Crippen LogP contribution < -0.4 is 11.1 Å². The number of aryl methyl sites for hydroxylation is 2. The number of nitrogens with one attached hydrogen (secondary N) is 1. The van der Waals surface area contributed by atoms with Crippen molar-refractivity contribution in [2.75, 3.05) is 11.1 Å². The minimum atomic E-state index is 0.528. The lowest BCUT2D eigenvalue weighted by molar-refractivity contribution is 0.661. The fourth-order valence-electron chi connectivity index (χ4n) is 1.77. The quantitative estimate of drug-likeness (QED) is 0.902. The summed E-state index contributed by atoms with van der Waals surface area (Å²) in [4.78, 5) is 0. The molecule has 0 bridgehead atoms. The third-order valence-corrected chi connectivity index (χ3v) is 3.15. The summed E-state index contributed by atoms with van der Waals surface area (Å²) in [7, 11) is 0. The maximum atomic E-state index is 8.92. The van der Waals surface area contributed by atoms with Gasteiger partial charge in [-0.2, -0.15) is 10.4 Å². The van der Waals surface area contributed by atoms with Crippen LogP contribution in [0, 0.1) is 18.3 Å². The topological polar surface area (TPSA) is 79.7 Å². The van der Waals surface area contributed by atoms with Crippen molar-refractivity contribution in [3.05, 3.63) is 34.5 Å². The number of aromatic nitrogens is 2. The molecule has 0 fully saturated rings. The molecule has 2 rings (SSSR count). The smallest absolute Gasteiger partial charge is 0.152 e. The van der Waals surface area contributed by atoms with E-state index in [1.54, 1.807) is 22.9 Å². The van der Waals surface area contributed by atoms with Crippen molar-refractivity contribution in [1.82, 2.24) is 9.78 Å². The molecule has 0 unspecified atom stereocenters. The Morgan fingerprint density at radius 2 is 2.26 bits per heavy atom. The molecule has 2 aromatic rings. The lowest BCUT2D eigenvalue weighted by Crippen LogP contribution is -2.04. The maximum absolute atomic E-state index is 8.92. The van der Waals surface area contributed by atoms with Crippen molar-refractivity contribution in [3.8, 4) is 6.07 Å². The third-order valence-electron chi connectivity index (χ3n) is 2.82. The first-order chi connectivity index (χ1) is 9.06. The Morgan fingerprint density at radius 3 is 2.89 bits per heavy atom. The number of anilines is 3. The van der Waals surface area contributed by atoms with Crippen LogP contribution in [0.4, 0.5) is 17.2 Å². The van der Waals surface area contributed by atoms with E-state index in [0.717, 1.165) is 5.69 Å². The van der Waals surface area contributed by atoms with Crippen molar-refractivity contribution < 1.29 is 0 Å². The fraction of sp³-hybridized carbons (Fsp3) is 0.231. The molecule has 0 aliphatic carbocycles. The Morgan fingerprint density at radius 1 is 1.53 bits per heavy atom. The van der Waals surface area contributed by atoms with E-state index in [2.05, 4.69) is 16.5 Å². The zero-order valence-electron chi connectivity index (χ0n) is 10.7. The molecule has 0 saturated heterocycles. The summed E-state index contributed by atoms with van der Waals surface area (Å²) in [5.41, 5.74) is 8.51. The van der Waals surface area contributed by atoms with Crippen molar-refractivity contribution >= 4 is 28.8 Å². The summed E-state index contributed by atoms with van der Waals surface area (Å²) in [6.07, 6.45) is 0. The highest BCUT2D eigenvalue weighted by Gasteiger charge is 2.13. The van der Waals surface area contributed by atoms with Gasteiger partial charge < -0.3 is 11.1 Å². The van der Waals surface area contributed by atoms with Gasteiger partial charge in [-0.15, -0.1) is 0 Å². The summed E-state index contributed by atoms with van der Waals surface area (Å²) in [5, 5.41) is 16.9. The molecule has 1 aromatic carbocycles. The maximum Gasteiger partial charge on any atom is 0.152 e. The molecular formula is C13H14ClN5. The van der Waals surface area contributed by atoms with E-state index in [-0.39, 0.29) is 0 Å². The van der Waals surface area contributed by atoms with Crippen molar-refractivity contribution in [2.45, 2.75) is 20.4 Å². The van der Waals surface area contributed by atoms with Gasteiger partial charge in [-0.1, -0.05) is 11.6 Å². The molecule has 0 atom stereocenters. The zero-order valence-corrected chi connectivity index (χ0v) is 11.5. The number of benzene rings is 1. The highest BCUT2D eigenvalue weighted by molar-refractivity contribution is 6.33. The van der Waals surface area contributed by atoms with Gasteiger partial charge in [0.1, 0.15) is 0 Å². The van der Waals surface area contributed by atoms with E-state index in [1.165, 1.54) is 0 Å². The number of nitrogen functional groups attached to an aromatic ring is 1. The van der Waals surface area contributed by atoms with Gasteiger partial charge in [0.15, 0.2) is 5.82 Å². The Bertz CT molecular complexity index is 654. The van der Waals surface area contributed by atoms with Gasteiger partial charge in [-0.25, -0.2) is 4.68 Å².